The highest BCUT2D eigenvalue weighted by molar-refractivity contribution is 5.17. The summed E-state index contributed by atoms with van der Waals surface area (Å²) in [6.45, 7) is 8.27. The average molecular weight is 245 g/mol. The first kappa shape index (κ1) is 12.1. The van der Waals surface area contributed by atoms with Gasteiger partial charge < -0.3 is 0 Å². The van der Waals surface area contributed by atoms with Crippen molar-refractivity contribution >= 4 is 0 Å². The predicted molar refractivity (Wildman–Crippen MR) is 73.5 cm³/mol. The molecule has 0 bridgehead atoms. The number of hydrogen-bond donors (Lipinski definition) is 0. The fraction of sp³-hybridized carbons (Fsp3) is 0.667. The number of aryl methyl sites for hydroxylation is 1. The zero-order valence-corrected chi connectivity index (χ0v) is 11.3. The normalized spacial score (nSPS) is 25.9. The molecule has 18 heavy (non-hydrogen) atoms. The molecule has 2 saturated heterocycles. The van der Waals surface area contributed by atoms with Gasteiger partial charge in [-0.1, -0.05) is 6.07 Å². The van der Waals surface area contributed by atoms with Crippen LogP contribution in [0.15, 0.2) is 18.3 Å². The van der Waals surface area contributed by atoms with Crippen LogP contribution >= 0.6 is 0 Å². The third-order valence-corrected chi connectivity index (χ3v) is 4.38. The van der Waals surface area contributed by atoms with E-state index in [1.54, 1.807) is 0 Å². The van der Waals surface area contributed by atoms with Gasteiger partial charge in [0.1, 0.15) is 0 Å². The van der Waals surface area contributed by atoms with Gasteiger partial charge in [0.25, 0.3) is 0 Å². The molecule has 2 fully saturated rings. The molecular weight excluding hydrogens is 222 g/mol. The molecule has 3 rings (SSSR count). The van der Waals surface area contributed by atoms with Gasteiger partial charge in [-0.3, -0.25) is 14.8 Å². The molecule has 1 aromatic rings. The fourth-order valence-corrected chi connectivity index (χ4v) is 3.32. The van der Waals surface area contributed by atoms with Crippen LogP contribution in [0.4, 0.5) is 0 Å². The molecule has 3 nitrogen and oxygen atoms in total. The Balaban J connectivity index is 1.67. The van der Waals surface area contributed by atoms with Gasteiger partial charge in [0, 0.05) is 25.3 Å². The van der Waals surface area contributed by atoms with E-state index < -0.39 is 0 Å². The summed E-state index contributed by atoms with van der Waals surface area (Å²) in [5.74, 6) is 0. The Morgan fingerprint density at radius 3 is 3.06 bits per heavy atom. The van der Waals surface area contributed by atoms with Crippen LogP contribution in [-0.4, -0.2) is 47.0 Å². The number of rotatable bonds is 2. The monoisotopic (exact) mass is 245 g/mol. The van der Waals surface area contributed by atoms with Crippen LogP contribution in [-0.2, 0) is 6.54 Å². The van der Waals surface area contributed by atoms with E-state index >= 15 is 0 Å². The zero-order chi connectivity index (χ0) is 12.4. The van der Waals surface area contributed by atoms with Gasteiger partial charge in [-0.2, -0.15) is 0 Å². The van der Waals surface area contributed by atoms with Crippen molar-refractivity contribution in [3.05, 3.63) is 29.6 Å². The van der Waals surface area contributed by atoms with Gasteiger partial charge in [-0.25, -0.2) is 0 Å². The van der Waals surface area contributed by atoms with Crippen molar-refractivity contribution in [3.8, 4) is 0 Å². The van der Waals surface area contributed by atoms with Gasteiger partial charge in [-0.15, -0.1) is 0 Å². The van der Waals surface area contributed by atoms with E-state index in [2.05, 4.69) is 27.8 Å². The van der Waals surface area contributed by atoms with E-state index in [-0.39, 0.29) is 0 Å². The second-order valence-electron chi connectivity index (χ2n) is 5.69. The SMILES string of the molecule is Cc1cccnc1CN1CCCN2CCC[C@H]2C1. The molecule has 0 unspecified atom stereocenters. The number of aromatic nitrogens is 1. The van der Waals surface area contributed by atoms with Gasteiger partial charge >= 0.3 is 0 Å². The highest BCUT2D eigenvalue weighted by Crippen LogP contribution is 2.22. The Kier molecular flexibility index (Phi) is 3.62. The summed E-state index contributed by atoms with van der Waals surface area (Å²) >= 11 is 0. The minimum atomic E-state index is 0.802. The fourth-order valence-electron chi connectivity index (χ4n) is 3.32. The topological polar surface area (TPSA) is 19.4 Å². The molecular formula is C15H23N3. The predicted octanol–water partition coefficient (Wildman–Crippen LogP) is 2.06. The molecule has 0 aliphatic carbocycles. The average Bonchev–Trinajstić information content (AvgIpc) is 2.71. The highest BCUT2D eigenvalue weighted by Gasteiger charge is 2.28. The van der Waals surface area contributed by atoms with E-state index in [4.69, 9.17) is 0 Å². The Morgan fingerprint density at radius 2 is 2.17 bits per heavy atom. The lowest BCUT2D eigenvalue weighted by Gasteiger charge is -2.25. The maximum atomic E-state index is 4.53. The minimum Gasteiger partial charge on any atom is -0.299 e. The van der Waals surface area contributed by atoms with Crippen molar-refractivity contribution < 1.29 is 0 Å². The summed E-state index contributed by atoms with van der Waals surface area (Å²) in [4.78, 5) is 9.82. The minimum absolute atomic E-state index is 0.802. The molecule has 3 heteroatoms. The third kappa shape index (κ3) is 2.57. The van der Waals surface area contributed by atoms with Gasteiger partial charge in [-0.05, 0) is 57.5 Å². The molecule has 0 spiro atoms. The van der Waals surface area contributed by atoms with Crippen LogP contribution in [0.25, 0.3) is 0 Å². The van der Waals surface area contributed by atoms with Crippen molar-refractivity contribution in [2.45, 2.75) is 38.8 Å². The molecule has 0 aromatic carbocycles. The Morgan fingerprint density at radius 1 is 1.28 bits per heavy atom. The lowest BCUT2D eigenvalue weighted by molar-refractivity contribution is 0.214. The summed E-state index contributed by atoms with van der Waals surface area (Å²) in [6.07, 6.45) is 6.00. The summed E-state index contributed by atoms with van der Waals surface area (Å²) in [6, 6.07) is 5.00. The smallest absolute Gasteiger partial charge is 0.0573 e. The third-order valence-electron chi connectivity index (χ3n) is 4.38. The van der Waals surface area contributed by atoms with Crippen LogP contribution in [0.2, 0.25) is 0 Å². The second kappa shape index (κ2) is 5.37. The van der Waals surface area contributed by atoms with E-state index in [0.29, 0.717) is 0 Å². The van der Waals surface area contributed by atoms with Crippen LogP contribution in [0, 0.1) is 6.92 Å². The number of fused-ring (bicyclic) bond motifs is 1. The molecule has 0 N–H and O–H groups in total. The van der Waals surface area contributed by atoms with Crippen molar-refractivity contribution in [2.24, 2.45) is 0 Å². The quantitative estimate of drug-likeness (QED) is 0.795. The van der Waals surface area contributed by atoms with Gasteiger partial charge in [0.15, 0.2) is 0 Å². The summed E-state index contributed by atoms with van der Waals surface area (Å²) < 4.78 is 0. The maximum Gasteiger partial charge on any atom is 0.0573 e. The van der Waals surface area contributed by atoms with Crippen LogP contribution in [0.5, 0.6) is 0 Å². The molecule has 0 radical (unpaired) electrons. The van der Waals surface area contributed by atoms with Gasteiger partial charge in [0.2, 0.25) is 0 Å². The van der Waals surface area contributed by atoms with E-state index in [1.807, 2.05) is 12.3 Å². The largest absolute Gasteiger partial charge is 0.299 e. The Labute approximate surface area is 110 Å². The van der Waals surface area contributed by atoms with Crippen molar-refractivity contribution in [1.29, 1.82) is 0 Å². The zero-order valence-electron chi connectivity index (χ0n) is 11.3. The van der Waals surface area contributed by atoms with E-state index in [1.165, 1.54) is 56.7 Å². The van der Waals surface area contributed by atoms with Crippen molar-refractivity contribution in [1.82, 2.24) is 14.8 Å². The summed E-state index contributed by atoms with van der Waals surface area (Å²) in [5.41, 5.74) is 2.58. The maximum absolute atomic E-state index is 4.53. The standard InChI is InChI=1S/C15H23N3/c1-13-5-2-7-16-15(13)12-17-8-4-10-18-9-3-6-14(18)11-17/h2,5,7,14H,3-4,6,8-12H2,1H3/t14-/m0/s1. The molecule has 1 aromatic heterocycles. The molecule has 2 aliphatic heterocycles. The van der Waals surface area contributed by atoms with E-state index in [0.717, 1.165) is 12.6 Å². The van der Waals surface area contributed by atoms with Crippen molar-refractivity contribution in [2.75, 3.05) is 26.2 Å². The van der Waals surface area contributed by atoms with Gasteiger partial charge in [0.05, 0.1) is 5.69 Å². The molecule has 1 atom stereocenters. The molecule has 98 valence electrons. The first-order valence-electron chi connectivity index (χ1n) is 7.20. The second-order valence-corrected chi connectivity index (χ2v) is 5.69. The molecule has 0 saturated carbocycles. The lowest BCUT2D eigenvalue weighted by Crippen LogP contribution is -2.36. The number of hydrogen-bond acceptors (Lipinski definition) is 3. The van der Waals surface area contributed by atoms with Crippen molar-refractivity contribution in [3.63, 3.8) is 0 Å². The molecule has 0 amide bonds. The van der Waals surface area contributed by atoms with Crippen LogP contribution < -0.4 is 0 Å². The molecule has 2 aliphatic rings. The van der Waals surface area contributed by atoms with Crippen LogP contribution in [0.1, 0.15) is 30.5 Å². The lowest BCUT2D eigenvalue weighted by atomic mass is 10.2. The Hall–Kier alpha value is -0.930. The number of nitrogens with zero attached hydrogens (tertiary/aromatic N) is 3. The highest BCUT2D eigenvalue weighted by atomic mass is 15.3. The molecule has 3 heterocycles. The van der Waals surface area contributed by atoms with E-state index in [9.17, 15) is 0 Å². The Bertz CT molecular complexity index is 404. The first-order chi connectivity index (χ1) is 8.83. The number of pyridine rings is 1. The van der Waals surface area contributed by atoms with Crippen LogP contribution in [0.3, 0.4) is 0 Å². The first-order valence-corrected chi connectivity index (χ1v) is 7.20. The summed E-state index contributed by atoms with van der Waals surface area (Å²) in [7, 11) is 0. The summed E-state index contributed by atoms with van der Waals surface area (Å²) in [5, 5.41) is 0.